The molecule has 1 N–H and O–H groups in total. The summed E-state index contributed by atoms with van der Waals surface area (Å²) in [5, 5.41) is 3.04. The average Bonchev–Trinajstić information content (AvgIpc) is 2.64. The van der Waals surface area contributed by atoms with Gasteiger partial charge in [-0.05, 0) is 19.9 Å². The molecule has 1 aromatic rings. The number of ether oxygens (including phenoxy) is 2. The molecule has 1 fully saturated rings. The summed E-state index contributed by atoms with van der Waals surface area (Å²) in [5.74, 6) is 0.860. The zero-order valence-electron chi connectivity index (χ0n) is 15.8. The number of hydrogen-bond acceptors (Lipinski definition) is 5. The minimum Gasteiger partial charge on any atom is -0.496 e. The van der Waals surface area contributed by atoms with Gasteiger partial charge in [-0.25, -0.2) is 0 Å². The van der Waals surface area contributed by atoms with Crippen molar-refractivity contribution in [1.29, 1.82) is 0 Å². The molecule has 0 aliphatic carbocycles. The molecule has 1 aliphatic rings. The zero-order chi connectivity index (χ0) is 18.2. The van der Waals surface area contributed by atoms with E-state index in [1.165, 1.54) is 0 Å². The van der Waals surface area contributed by atoms with Crippen molar-refractivity contribution in [2.75, 3.05) is 47.0 Å². The van der Waals surface area contributed by atoms with Crippen molar-refractivity contribution in [3.8, 4) is 5.75 Å². The molecular weight excluding hydrogens is 318 g/mol. The lowest BCUT2D eigenvalue weighted by atomic mass is 10.1. The van der Waals surface area contributed by atoms with Gasteiger partial charge in [0.05, 0.1) is 19.8 Å². The van der Waals surface area contributed by atoms with Gasteiger partial charge in [0.2, 0.25) is 5.91 Å². The molecule has 0 bridgehead atoms. The number of para-hydroxylation sites is 1. The Morgan fingerprint density at radius 2 is 2.08 bits per heavy atom. The van der Waals surface area contributed by atoms with E-state index in [1.54, 1.807) is 14.2 Å². The van der Waals surface area contributed by atoms with E-state index in [2.05, 4.69) is 22.0 Å². The lowest BCUT2D eigenvalue weighted by molar-refractivity contribution is -0.127. The molecule has 0 aromatic heterocycles. The van der Waals surface area contributed by atoms with E-state index in [0.29, 0.717) is 12.6 Å². The van der Waals surface area contributed by atoms with E-state index in [1.807, 2.05) is 31.2 Å². The minimum atomic E-state index is -0.137. The topological polar surface area (TPSA) is 54.0 Å². The van der Waals surface area contributed by atoms with Crippen molar-refractivity contribution in [3.63, 3.8) is 0 Å². The minimum absolute atomic E-state index is 0.0587. The molecule has 1 heterocycles. The Hall–Kier alpha value is -1.63. The molecule has 6 heteroatoms. The van der Waals surface area contributed by atoms with Gasteiger partial charge in [0, 0.05) is 51.4 Å². The highest BCUT2D eigenvalue weighted by Gasteiger charge is 2.29. The van der Waals surface area contributed by atoms with Crippen molar-refractivity contribution in [2.24, 2.45) is 0 Å². The first-order valence-electron chi connectivity index (χ1n) is 8.93. The van der Waals surface area contributed by atoms with Crippen LogP contribution in [0.3, 0.4) is 0 Å². The van der Waals surface area contributed by atoms with Crippen LogP contribution < -0.4 is 10.1 Å². The van der Waals surface area contributed by atoms with Gasteiger partial charge in [-0.3, -0.25) is 14.6 Å². The average molecular weight is 349 g/mol. The highest BCUT2D eigenvalue weighted by atomic mass is 16.5. The normalized spacial score (nSPS) is 20.2. The maximum absolute atomic E-state index is 12.5. The molecule has 2 rings (SSSR count). The predicted molar refractivity (Wildman–Crippen MR) is 98.8 cm³/mol. The van der Waals surface area contributed by atoms with Crippen LogP contribution in [0.1, 0.15) is 19.4 Å². The van der Waals surface area contributed by atoms with Crippen molar-refractivity contribution >= 4 is 5.91 Å². The van der Waals surface area contributed by atoms with Gasteiger partial charge in [0.1, 0.15) is 5.75 Å². The summed E-state index contributed by atoms with van der Waals surface area (Å²) in [7, 11) is 3.38. The second kappa shape index (κ2) is 9.75. The van der Waals surface area contributed by atoms with Gasteiger partial charge in [-0.1, -0.05) is 18.2 Å². The largest absolute Gasteiger partial charge is 0.496 e. The van der Waals surface area contributed by atoms with Crippen LogP contribution in [0.4, 0.5) is 0 Å². The van der Waals surface area contributed by atoms with Crippen LogP contribution in [0.2, 0.25) is 0 Å². The van der Waals surface area contributed by atoms with E-state index in [9.17, 15) is 4.79 Å². The molecule has 140 valence electrons. The Bertz CT molecular complexity index is 552. The number of carbonyl (C=O) groups is 1. The fourth-order valence-electron chi connectivity index (χ4n) is 3.26. The summed E-state index contributed by atoms with van der Waals surface area (Å²) in [6.45, 7) is 9.13. The lowest BCUT2D eigenvalue weighted by Gasteiger charge is -2.41. The molecule has 25 heavy (non-hydrogen) atoms. The number of nitrogens with one attached hydrogen (secondary N) is 1. The molecule has 1 aliphatic heterocycles. The van der Waals surface area contributed by atoms with E-state index >= 15 is 0 Å². The van der Waals surface area contributed by atoms with Crippen LogP contribution in [-0.4, -0.2) is 74.8 Å². The van der Waals surface area contributed by atoms with Crippen LogP contribution in [0.5, 0.6) is 5.75 Å². The fourth-order valence-corrected chi connectivity index (χ4v) is 3.26. The quantitative estimate of drug-likeness (QED) is 0.768. The number of hydrogen-bond donors (Lipinski definition) is 1. The van der Waals surface area contributed by atoms with E-state index < -0.39 is 0 Å². The van der Waals surface area contributed by atoms with Crippen LogP contribution in [0, 0.1) is 0 Å². The van der Waals surface area contributed by atoms with Crippen LogP contribution in [0.15, 0.2) is 24.3 Å². The first kappa shape index (κ1) is 19.7. The molecule has 1 saturated heterocycles. The number of methoxy groups -OCH3 is 2. The fraction of sp³-hybridized carbons (Fsp3) is 0.632. The van der Waals surface area contributed by atoms with Gasteiger partial charge in [-0.15, -0.1) is 0 Å². The van der Waals surface area contributed by atoms with Crippen molar-refractivity contribution in [1.82, 2.24) is 15.1 Å². The van der Waals surface area contributed by atoms with Crippen LogP contribution in [0.25, 0.3) is 0 Å². The molecule has 1 aromatic carbocycles. The third-order valence-corrected chi connectivity index (χ3v) is 4.95. The Morgan fingerprint density at radius 1 is 1.32 bits per heavy atom. The van der Waals surface area contributed by atoms with Gasteiger partial charge >= 0.3 is 0 Å². The summed E-state index contributed by atoms with van der Waals surface area (Å²) >= 11 is 0. The molecule has 0 spiro atoms. The second-order valence-electron chi connectivity index (χ2n) is 6.58. The van der Waals surface area contributed by atoms with E-state index in [-0.39, 0.29) is 11.9 Å². The molecular formula is C19H31N3O3. The molecule has 0 saturated carbocycles. The first-order chi connectivity index (χ1) is 12.1. The van der Waals surface area contributed by atoms with Crippen LogP contribution >= 0.6 is 0 Å². The summed E-state index contributed by atoms with van der Waals surface area (Å²) in [6.07, 6.45) is 0. The number of amides is 1. The van der Waals surface area contributed by atoms with Crippen molar-refractivity contribution < 1.29 is 14.3 Å². The molecule has 2 atom stereocenters. The first-order valence-corrected chi connectivity index (χ1v) is 8.93. The lowest BCUT2D eigenvalue weighted by Crippen LogP contribution is -2.57. The van der Waals surface area contributed by atoms with Crippen molar-refractivity contribution in [3.05, 3.63) is 29.8 Å². The number of rotatable bonds is 8. The smallest absolute Gasteiger partial charge is 0.237 e. The van der Waals surface area contributed by atoms with Gasteiger partial charge < -0.3 is 14.8 Å². The summed E-state index contributed by atoms with van der Waals surface area (Å²) in [6, 6.07) is 8.05. The standard InChI is InChI=1S/C19H31N3O3/c1-15-14-22(10-9-21(15)11-12-24-3)16(2)19(23)20-13-17-7-5-6-8-18(17)25-4/h5-8,15-16H,9-14H2,1-4H3,(H,20,23)/t15-,16-/m1/s1. The number of nitrogens with zero attached hydrogens (tertiary/aromatic N) is 2. The molecule has 1 amide bonds. The third-order valence-electron chi connectivity index (χ3n) is 4.95. The number of carbonyl (C=O) groups excluding carboxylic acids is 1. The summed E-state index contributed by atoms with van der Waals surface area (Å²) in [4.78, 5) is 17.2. The highest BCUT2D eigenvalue weighted by Crippen LogP contribution is 2.17. The maximum Gasteiger partial charge on any atom is 0.237 e. The summed E-state index contributed by atoms with van der Waals surface area (Å²) in [5.41, 5.74) is 0.989. The maximum atomic E-state index is 12.5. The zero-order valence-corrected chi connectivity index (χ0v) is 15.8. The summed E-state index contributed by atoms with van der Waals surface area (Å²) < 4.78 is 10.5. The number of benzene rings is 1. The van der Waals surface area contributed by atoms with E-state index in [0.717, 1.165) is 44.1 Å². The van der Waals surface area contributed by atoms with Gasteiger partial charge in [0.15, 0.2) is 0 Å². The van der Waals surface area contributed by atoms with E-state index in [4.69, 9.17) is 9.47 Å². The number of piperazine rings is 1. The third kappa shape index (κ3) is 5.42. The van der Waals surface area contributed by atoms with Crippen molar-refractivity contribution in [2.45, 2.75) is 32.5 Å². The monoisotopic (exact) mass is 349 g/mol. The Labute approximate surface area is 151 Å². The Morgan fingerprint density at radius 3 is 2.76 bits per heavy atom. The molecule has 0 unspecified atom stereocenters. The molecule has 6 nitrogen and oxygen atoms in total. The Balaban J connectivity index is 1.84. The van der Waals surface area contributed by atoms with Gasteiger partial charge in [-0.2, -0.15) is 0 Å². The predicted octanol–water partition coefficient (Wildman–Crippen LogP) is 1.35. The molecule has 0 radical (unpaired) electrons. The van der Waals surface area contributed by atoms with Gasteiger partial charge in [0.25, 0.3) is 0 Å². The highest BCUT2D eigenvalue weighted by molar-refractivity contribution is 5.81. The SMILES string of the molecule is COCCN1CCN([C@H](C)C(=O)NCc2ccccc2OC)C[C@H]1C. The van der Waals surface area contributed by atoms with Crippen LogP contribution in [-0.2, 0) is 16.1 Å². The Kier molecular flexibility index (Phi) is 7.68. The second-order valence-corrected chi connectivity index (χ2v) is 6.58.